The molecule has 0 saturated heterocycles. The number of aryl methyl sites for hydroxylation is 1. The molecule has 18 heavy (non-hydrogen) atoms. The first kappa shape index (κ1) is 12.5. The Morgan fingerprint density at radius 1 is 1.39 bits per heavy atom. The third-order valence-electron chi connectivity index (χ3n) is 2.73. The monoisotopic (exact) mass is 251 g/mol. The van der Waals surface area contributed by atoms with Gasteiger partial charge in [0, 0.05) is 12.6 Å². The number of hydrogen-bond donors (Lipinski definition) is 1. The van der Waals surface area contributed by atoms with Crippen LogP contribution in [0.4, 0.5) is 4.39 Å². The Labute approximate surface area is 104 Å². The fourth-order valence-electron chi connectivity index (χ4n) is 1.53. The molecule has 0 atom stereocenters. The van der Waals surface area contributed by atoms with Gasteiger partial charge in [-0.25, -0.2) is 4.39 Å². The van der Waals surface area contributed by atoms with Crippen LogP contribution in [0.1, 0.15) is 17.2 Å². The minimum Gasteiger partial charge on any atom is -0.485 e. The molecular weight excluding hydrogens is 237 g/mol. The van der Waals surface area contributed by atoms with Crippen LogP contribution in [0.25, 0.3) is 0 Å². The van der Waals surface area contributed by atoms with Crippen molar-refractivity contribution >= 4 is 0 Å². The molecular formula is C12H14FN3O2. The second-order valence-electron chi connectivity index (χ2n) is 3.92. The van der Waals surface area contributed by atoms with Gasteiger partial charge in [0.25, 0.3) is 0 Å². The van der Waals surface area contributed by atoms with Crippen molar-refractivity contribution in [2.75, 3.05) is 0 Å². The Balaban J connectivity index is 2.13. The van der Waals surface area contributed by atoms with E-state index in [0.717, 1.165) is 5.82 Å². The Morgan fingerprint density at radius 3 is 2.78 bits per heavy atom. The summed E-state index contributed by atoms with van der Waals surface area (Å²) in [7, 11) is 1.84. The van der Waals surface area contributed by atoms with Crippen LogP contribution in [0.15, 0.2) is 18.2 Å². The van der Waals surface area contributed by atoms with E-state index in [2.05, 4.69) is 10.2 Å². The van der Waals surface area contributed by atoms with Gasteiger partial charge in [-0.3, -0.25) is 0 Å². The zero-order chi connectivity index (χ0) is 13.1. The van der Waals surface area contributed by atoms with E-state index in [-0.39, 0.29) is 13.2 Å². The summed E-state index contributed by atoms with van der Waals surface area (Å²) in [6, 6.07) is 4.03. The number of nitrogens with zero attached hydrogens (tertiary/aromatic N) is 3. The van der Waals surface area contributed by atoms with Crippen molar-refractivity contribution in [2.24, 2.45) is 7.05 Å². The Bertz CT molecular complexity index is 554. The van der Waals surface area contributed by atoms with E-state index in [1.807, 2.05) is 18.5 Å². The molecule has 0 aliphatic carbocycles. The van der Waals surface area contributed by atoms with Gasteiger partial charge in [0.15, 0.2) is 5.82 Å². The normalized spacial score (nSPS) is 10.7. The van der Waals surface area contributed by atoms with Gasteiger partial charge in [0.2, 0.25) is 0 Å². The van der Waals surface area contributed by atoms with Gasteiger partial charge in [-0.2, -0.15) is 0 Å². The molecule has 0 aliphatic rings. The lowest BCUT2D eigenvalue weighted by Gasteiger charge is -2.09. The highest BCUT2D eigenvalue weighted by Gasteiger charge is 2.08. The summed E-state index contributed by atoms with van der Waals surface area (Å²) in [6.45, 7) is 1.79. The average molecular weight is 251 g/mol. The maximum Gasteiger partial charge on any atom is 0.170 e. The van der Waals surface area contributed by atoms with Gasteiger partial charge < -0.3 is 14.4 Å². The number of hydrogen-bond acceptors (Lipinski definition) is 4. The van der Waals surface area contributed by atoms with Gasteiger partial charge in [0.1, 0.15) is 24.0 Å². The van der Waals surface area contributed by atoms with E-state index in [9.17, 15) is 4.39 Å². The molecule has 1 aromatic heterocycles. The highest BCUT2D eigenvalue weighted by Crippen LogP contribution is 2.20. The lowest BCUT2D eigenvalue weighted by atomic mass is 10.2. The first-order chi connectivity index (χ1) is 8.61. The van der Waals surface area contributed by atoms with Crippen LogP contribution in [0.2, 0.25) is 0 Å². The molecule has 5 nitrogen and oxygen atoms in total. The topological polar surface area (TPSA) is 60.2 Å². The van der Waals surface area contributed by atoms with Crippen LogP contribution in [-0.4, -0.2) is 19.9 Å². The standard InChI is InChI=1S/C12H14FN3O2/c1-8-14-15-12(16(8)2)7-18-11-4-3-10(13)5-9(11)6-17/h3-5,17H,6-7H2,1-2H3. The molecule has 0 aliphatic heterocycles. The lowest BCUT2D eigenvalue weighted by molar-refractivity contribution is 0.253. The summed E-state index contributed by atoms with van der Waals surface area (Å²) in [4.78, 5) is 0. The van der Waals surface area contributed by atoms with Crippen molar-refractivity contribution in [1.29, 1.82) is 0 Å². The molecule has 0 amide bonds. The van der Waals surface area contributed by atoms with E-state index in [0.29, 0.717) is 17.1 Å². The molecule has 96 valence electrons. The largest absolute Gasteiger partial charge is 0.485 e. The molecule has 2 rings (SSSR count). The van der Waals surface area contributed by atoms with Crippen LogP contribution in [0, 0.1) is 12.7 Å². The van der Waals surface area contributed by atoms with Crippen molar-refractivity contribution in [2.45, 2.75) is 20.1 Å². The summed E-state index contributed by atoms with van der Waals surface area (Å²) >= 11 is 0. The van der Waals surface area contributed by atoms with Gasteiger partial charge in [-0.1, -0.05) is 0 Å². The quantitative estimate of drug-likeness (QED) is 0.890. The minimum absolute atomic E-state index is 0.218. The molecule has 1 aromatic carbocycles. The SMILES string of the molecule is Cc1nnc(COc2ccc(F)cc2CO)n1C. The number of aliphatic hydroxyl groups excluding tert-OH is 1. The highest BCUT2D eigenvalue weighted by atomic mass is 19.1. The number of aromatic nitrogens is 3. The third kappa shape index (κ3) is 2.48. The Morgan fingerprint density at radius 2 is 2.17 bits per heavy atom. The van der Waals surface area contributed by atoms with Crippen molar-refractivity contribution < 1.29 is 14.2 Å². The molecule has 0 unspecified atom stereocenters. The van der Waals surface area contributed by atoms with Crippen molar-refractivity contribution in [3.8, 4) is 5.75 Å². The summed E-state index contributed by atoms with van der Waals surface area (Å²) in [5, 5.41) is 17.0. The van der Waals surface area contributed by atoms with Gasteiger partial charge in [0.05, 0.1) is 6.61 Å². The van der Waals surface area contributed by atoms with E-state index < -0.39 is 5.82 Å². The second-order valence-corrected chi connectivity index (χ2v) is 3.92. The van der Waals surface area contributed by atoms with Crippen LogP contribution in [0.5, 0.6) is 5.75 Å². The maximum absolute atomic E-state index is 13.0. The van der Waals surface area contributed by atoms with Crippen molar-refractivity contribution in [1.82, 2.24) is 14.8 Å². The Hall–Kier alpha value is -1.95. The van der Waals surface area contributed by atoms with E-state index in [1.165, 1.54) is 18.2 Å². The maximum atomic E-state index is 13.0. The number of benzene rings is 1. The van der Waals surface area contributed by atoms with E-state index >= 15 is 0 Å². The zero-order valence-electron chi connectivity index (χ0n) is 10.2. The lowest BCUT2D eigenvalue weighted by Crippen LogP contribution is -2.05. The van der Waals surface area contributed by atoms with Crippen LogP contribution < -0.4 is 4.74 Å². The predicted molar refractivity (Wildman–Crippen MR) is 62.4 cm³/mol. The molecule has 0 bridgehead atoms. The zero-order valence-corrected chi connectivity index (χ0v) is 10.2. The van der Waals surface area contributed by atoms with Gasteiger partial charge in [-0.05, 0) is 25.1 Å². The molecule has 0 spiro atoms. The fourth-order valence-corrected chi connectivity index (χ4v) is 1.53. The fraction of sp³-hybridized carbons (Fsp3) is 0.333. The van der Waals surface area contributed by atoms with E-state index in [1.54, 1.807) is 0 Å². The molecule has 1 N–H and O–H groups in total. The molecule has 0 radical (unpaired) electrons. The van der Waals surface area contributed by atoms with Crippen LogP contribution in [-0.2, 0) is 20.3 Å². The van der Waals surface area contributed by atoms with E-state index in [4.69, 9.17) is 9.84 Å². The van der Waals surface area contributed by atoms with Crippen LogP contribution in [0.3, 0.4) is 0 Å². The smallest absolute Gasteiger partial charge is 0.170 e. The number of aliphatic hydroxyl groups is 1. The van der Waals surface area contributed by atoms with Crippen molar-refractivity contribution in [3.05, 3.63) is 41.2 Å². The number of rotatable bonds is 4. The molecule has 0 saturated carbocycles. The third-order valence-corrected chi connectivity index (χ3v) is 2.73. The molecule has 1 heterocycles. The summed E-state index contributed by atoms with van der Waals surface area (Å²) in [5.74, 6) is 1.50. The first-order valence-electron chi connectivity index (χ1n) is 5.48. The first-order valence-corrected chi connectivity index (χ1v) is 5.48. The predicted octanol–water partition coefficient (Wildman–Crippen LogP) is 1.33. The van der Waals surface area contributed by atoms with Gasteiger partial charge in [-0.15, -0.1) is 10.2 Å². The number of ether oxygens (including phenoxy) is 1. The second kappa shape index (κ2) is 5.14. The minimum atomic E-state index is -0.402. The molecule has 2 aromatic rings. The molecule has 0 fully saturated rings. The van der Waals surface area contributed by atoms with Crippen molar-refractivity contribution in [3.63, 3.8) is 0 Å². The number of halogens is 1. The summed E-state index contributed by atoms with van der Waals surface area (Å²) < 4.78 is 20.3. The Kier molecular flexibility index (Phi) is 3.57. The van der Waals surface area contributed by atoms with Gasteiger partial charge >= 0.3 is 0 Å². The average Bonchev–Trinajstić information content (AvgIpc) is 2.68. The summed E-state index contributed by atoms with van der Waals surface area (Å²) in [5.41, 5.74) is 0.411. The molecule has 6 heteroatoms. The summed E-state index contributed by atoms with van der Waals surface area (Å²) in [6.07, 6.45) is 0. The van der Waals surface area contributed by atoms with Crippen LogP contribution >= 0.6 is 0 Å². The highest BCUT2D eigenvalue weighted by molar-refractivity contribution is 5.33.